The molecule has 2 nitrogen and oxygen atoms in total. The smallest absolute Gasteiger partial charge is 0.317 e. The van der Waals surface area contributed by atoms with Gasteiger partial charge in [0.25, 0.3) is 0 Å². The molecule has 1 aliphatic carbocycles. The number of hydrogen-bond acceptors (Lipinski definition) is 2. The van der Waals surface area contributed by atoms with Crippen molar-refractivity contribution in [3.63, 3.8) is 0 Å². The molecule has 4 heteroatoms. The average molecular weight is 210 g/mol. The molecule has 0 aromatic heterocycles. The van der Waals surface area contributed by atoms with Gasteiger partial charge in [0, 0.05) is 11.5 Å². The van der Waals surface area contributed by atoms with Crippen molar-refractivity contribution in [3.8, 4) is 0 Å². The second-order valence-corrected chi connectivity index (χ2v) is 4.10. The van der Waals surface area contributed by atoms with Crippen LogP contribution >= 0.6 is 0 Å². The number of halogens is 2. The molecule has 2 unspecified atom stereocenters. The van der Waals surface area contributed by atoms with Gasteiger partial charge in [0.1, 0.15) is 17.0 Å². The largest absolute Gasteiger partial charge is 0.465 e. The molecule has 2 fully saturated rings. The summed E-state index contributed by atoms with van der Waals surface area (Å²) in [6.45, 7) is 0.328. The standard InChI is InChI=1S/C11H8F2O2/c12-7-1-2-9(13)8(3-7)11-4-6(11)5-15-10(11)14/h1-3,6H,4-5H2. The van der Waals surface area contributed by atoms with Crippen molar-refractivity contribution in [1.29, 1.82) is 0 Å². The summed E-state index contributed by atoms with van der Waals surface area (Å²) < 4.78 is 31.3. The number of benzene rings is 1. The Morgan fingerprint density at radius 3 is 2.80 bits per heavy atom. The van der Waals surface area contributed by atoms with E-state index >= 15 is 0 Å². The summed E-state index contributed by atoms with van der Waals surface area (Å²) in [4.78, 5) is 11.5. The third-order valence-electron chi connectivity index (χ3n) is 3.29. The van der Waals surface area contributed by atoms with E-state index < -0.39 is 23.0 Å². The Morgan fingerprint density at radius 2 is 2.20 bits per heavy atom. The number of fused-ring (bicyclic) bond motifs is 1. The van der Waals surface area contributed by atoms with Crippen molar-refractivity contribution >= 4 is 5.97 Å². The van der Waals surface area contributed by atoms with Gasteiger partial charge in [-0.2, -0.15) is 0 Å². The normalized spacial score (nSPS) is 32.4. The van der Waals surface area contributed by atoms with Crippen molar-refractivity contribution in [2.45, 2.75) is 11.8 Å². The van der Waals surface area contributed by atoms with Gasteiger partial charge in [0.15, 0.2) is 0 Å². The minimum atomic E-state index is -0.883. The predicted molar refractivity (Wildman–Crippen MR) is 47.1 cm³/mol. The van der Waals surface area contributed by atoms with Crippen molar-refractivity contribution < 1.29 is 18.3 Å². The first kappa shape index (κ1) is 8.83. The lowest BCUT2D eigenvalue weighted by Crippen LogP contribution is -2.20. The van der Waals surface area contributed by atoms with Crippen LogP contribution in [-0.4, -0.2) is 12.6 Å². The third kappa shape index (κ3) is 0.991. The summed E-state index contributed by atoms with van der Waals surface area (Å²) in [5.41, 5.74) is -0.735. The van der Waals surface area contributed by atoms with Crippen LogP contribution in [0, 0.1) is 17.6 Å². The van der Waals surface area contributed by atoms with Crippen LogP contribution in [-0.2, 0) is 14.9 Å². The maximum absolute atomic E-state index is 13.5. The van der Waals surface area contributed by atoms with E-state index in [4.69, 9.17) is 4.74 Å². The van der Waals surface area contributed by atoms with Gasteiger partial charge in [0.2, 0.25) is 0 Å². The summed E-state index contributed by atoms with van der Waals surface area (Å²) in [5, 5.41) is 0. The zero-order chi connectivity index (χ0) is 10.6. The van der Waals surface area contributed by atoms with Crippen LogP contribution in [0.25, 0.3) is 0 Å². The van der Waals surface area contributed by atoms with Gasteiger partial charge in [0.05, 0.1) is 6.61 Å². The van der Waals surface area contributed by atoms with Gasteiger partial charge >= 0.3 is 5.97 Å². The summed E-state index contributed by atoms with van der Waals surface area (Å²) in [6, 6.07) is 3.20. The highest BCUT2D eigenvalue weighted by Gasteiger charge is 2.67. The van der Waals surface area contributed by atoms with E-state index in [-0.39, 0.29) is 11.5 Å². The minimum Gasteiger partial charge on any atom is -0.465 e. The quantitative estimate of drug-likeness (QED) is 0.660. The molecule has 1 saturated heterocycles. The maximum atomic E-state index is 13.5. The fourth-order valence-electron chi connectivity index (χ4n) is 2.37. The second-order valence-electron chi connectivity index (χ2n) is 4.10. The molecule has 0 spiro atoms. The molecule has 3 rings (SSSR count). The lowest BCUT2D eigenvalue weighted by atomic mass is 9.94. The first-order valence-electron chi connectivity index (χ1n) is 4.77. The van der Waals surface area contributed by atoms with E-state index in [0.29, 0.717) is 13.0 Å². The molecule has 1 aromatic carbocycles. The number of hydrogen-bond donors (Lipinski definition) is 0. The fraction of sp³-hybridized carbons (Fsp3) is 0.364. The Hall–Kier alpha value is -1.45. The highest BCUT2D eigenvalue weighted by Crippen LogP contribution is 2.59. The highest BCUT2D eigenvalue weighted by atomic mass is 19.1. The van der Waals surface area contributed by atoms with Gasteiger partial charge in [-0.25, -0.2) is 8.78 Å². The van der Waals surface area contributed by atoms with Gasteiger partial charge in [-0.15, -0.1) is 0 Å². The summed E-state index contributed by atoms with van der Waals surface area (Å²) in [5.74, 6) is -1.44. The first-order valence-corrected chi connectivity index (χ1v) is 4.77. The molecular weight excluding hydrogens is 202 g/mol. The van der Waals surface area contributed by atoms with Crippen molar-refractivity contribution in [1.82, 2.24) is 0 Å². The minimum absolute atomic E-state index is 0.0290. The lowest BCUT2D eigenvalue weighted by Gasteiger charge is -2.10. The van der Waals surface area contributed by atoms with Crippen molar-refractivity contribution in [3.05, 3.63) is 35.4 Å². The van der Waals surface area contributed by atoms with Crippen LogP contribution in [0.5, 0.6) is 0 Å². The lowest BCUT2D eigenvalue weighted by molar-refractivity contribution is -0.142. The highest BCUT2D eigenvalue weighted by molar-refractivity contribution is 5.89. The molecule has 1 heterocycles. The molecule has 15 heavy (non-hydrogen) atoms. The third-order valence-corrected chi connectivity index (χ3v) is 3.29. The number of ether oxygens (including phenoxy) is 1. The number of carbonyl (C=O) groups is 1. The van der Waals surface area contributed by atoms with Gasteiger partial charge in [-0.05, 0) is 24.6 Å². The van der Waals surface area contributed by atoms with Gasteiger partial charge in [-0.1, -0.05) is 0 Å². The Kier molecular flexibility index (Phi) is 1.51. The van der Waals surface area contributed by atoms with Crippen LogP contribution in [0.4, 0.5) is 8.78 Å². The maximum Gasteiger partial charge on any atom is 0.317 e. The second kappa shape index (κ2) is 2.56. The molecule has 1 aliphatic heterocycles. The van der Waals surface area contributed by atoms with Crippen molar-refractivity contribution in [2.24, 2.45) is 5.92 Å². The molecule has 1 aromatic rings. The molecule has 0 N–H and O–H groups in total. The SMILES string of the molecule is O=C1OCC2CC12c1cc(F)ccc1F. The van der Waals surface area contributed by atoms with Crippen LogP contribution in [0.2, 0.25) is 0 Å². The summed E-state index contributed by atoms with van der Waals surface area (Å²) in [6.07, 6.45) is 0.576. The molecule has 0 amide bonds. The van der Waals surface area contributed by atoms with Gasteiger partial charge < -0.3 is 4.74 Å². The Labute approximate surface area is 84.9 Å². The van der Waals surface area contributed by atoms with Crippen LogP contribution in [0.15, 0.2) is 18.2 Å². The number of cyclic esters (lactones) is 1. The summed E-state index contributed by atoms with van der Waals surface area (Å²) >= 11 is 0. The molecular formula is C11H8F2O2. The molecule has 1 saturated carbocycles. The molecule has 0 radical (unpaired) electrons. The predicted octanol–water partition coefficient (Wildman–Crippen LogP) is 1.78. The first-order chi connectivity index (χ1) is 7.14. The van der Waals surface area contributed by atoms with E-state index in [1.165, 1.54) is 0 Å². The van der Waals surface area contributed by atoms with Crippen LogP contribution < -0.4 is 0 Å². The van der Waals surface area contributed by atoms with E-state index in [2.05, 4.69) is 0 Å². The zero-order valence-corrected chi connectivity index (χ0v) is 7.80. The molecule has 0 bridgehead atoms. The van der Waals surface area contributed by atoms with E-state index in [9.17, 15) is 13.6 Å². The van der Waals surface area contributed by atoms with Crippen LogP contribution in [0.3, 0.4) is 0 Å². The average Bonchev–Trinajstić information content (AvgIpc) is 2.87. The van der Waals surface area contributed by atoms with Gasteiger partial charge in [-0.3, -0.25) is 4.79 Å². The van der Waals surface area contributed by atoms with E-state index in [1.54, 1.807) is 0 Å². The van der Waals surface area contributed by atoms with Crippen molar-refractivity contribution in [2.75, 3.05) is 6.61 Å². The number of carbonyl (C=O) groups excluding carboxylic acids is 1. The summed E-state index contributed by atoms with van der Waals surface area (Å²) in [7, 11) is 0. The van der Waals surface area contributed by atoms with E-state index in [1.807, 2.05) is 0 Å². The Morgan fingerprint density at radius 1 is 1.40 bits per heavy atom. The Balaban J connectivity index is 2.14. The molecule has 2 aliphatic rings. The van der Waals surface area contributed by atoms with Crippen LogP contribution in [0.1, 0.15) is 12.0 Å². The Bertz CT molecular complexity index is 458. The molecule has 78 valence electrons. The topological polar surface area (TPSA) is 26.3 Å². The number of rotatable bonds is 1. The zero-order valence-electron chi connectivity index (χ0n) is 7.80. The monoisotopic (exact) mass is 210 g/mol. The number of esters is 1. The fourth-order valence-corrected chi connectivity index (χ4v) is 2.37. The van der Waals surface area contributed by atoms with E-state index in [0.717, 1.165) is 18.2 Å². The molecule has 2 atom stereocenters.